The molecule has 2 rings (SSSR count). The lowest BCUT2D eigenvalue weighted by Crippen LogP contribution is -2.18. The topological polar surface area (TPSA) is 38.8 Å². The zero-order valence-corrected chi connectivity index (χ0v) is 13.2. The molecule has 2 aliphatic rings. The normalized spacial score (nSPS) is 36.4. The Morgan fingerprint density at radius 2 is 2.10 bits per heavy atom. The van der Waals surface area contributed by atoms with Crippen LogP contribution in [0.4, 0.5) is 0 Å². The van der Waals surface area contributed by atoms with Gasteiger partial charge in [-0.2, -0.15) is 0 Å². The highest BCUT2D eigenvalue weighted by Crippen LogP contribution is 2.47. The third-order valence-corrected chi connectivity index (χ3v) is 4.32. The Bertz CT molecular complexity index is 447. The van der Waals surface area contributed by atoms with Crippen LogP contribution in [0.5, 0.6) is 0 Å². The minimum absolute atomic E-state index is 0.0309. The van der Waals surface area contributed by atoms with Crippen LogP contribution in [0.2, 0.25) is 0 Å². The Morgan fingerprint density at radius 3 is 2.75 bits per heavy atom. The highest BCUT2D eigenvalue weighted by molar-refractivity contribution is 5.66. The van der Waals surface area contributed by atoms with E-state index >= 15 is 0 Å². The molecule has 0 aromatic rings. The van der Waals surface area contributed by atoms with Crippen LogP contribution in [0, 0.1) is 5.41 Å². The first-order chi connectivity index (χ1) is 9.22. The molecule has 0 saturated carbocycles. The van der Waals surface area contributed by atoms with Crippen LogP contribution in [0.1, 0.15) is 53.9 Å². The fourth-order valence-electron chi connectivity index (χ4n) is 2.83. The molecule has 1 saturated heterocycles. The van der Waals surface area contributed by atoms with Gasteiger partial charge in [-0.05, 0) is 50.2 Å². The van der Waals surface area contributed by atoms with Crippen molar-refractivity contribution in [3.05, 3.63) is 23.8 Å². The van der Waals surface area contributed by atoms with Gasteiger partial charge in [0.25, 0.3) is 0 Å². The molecule has 0 aromatic heterocycles. The van der Waals surface area contributed by atoms with Gasteiger partial charge < -0.3 is 9.47 Å². The molecule has 20 heavy (non-hydrogen) atoms. The van der Waals surface area contributed by atoms with E-state index in [1.165, 1.54) is 6.92 Å². The summed E-state index contributed by atoms with van der Waals surface area (Å²) in [6, 6.07) is 0. The van der Waals surface area contributed by atoms with Crippen molar-refractivity contribution in [3.8, 4) is 0 Å². The fraction of sp³-hybridized carbons (Fsp3) is 0.706. The lowest BCUT2D eigenvalue weighted by Gasteiger charge is -2.21. The van der Waals surface area contributed by atoms with E-state index in [1.54, 1.807) is 0 Å². The Kier molecular flexibility index (Phi) is 4.10. The predicted octanol–water partition coefficient (Wildman–Crippen LogP) is 3.79. The average Bonchev–Trinajstić information content (AvgIpc) is 2.92. The summed E-state index contributed by atoms with van der Waals surface area (Å²) in [5.41, 5.74) is 1.17. The highest BCUT2D eigenvalue weighted by Gasteiger charge is 2.52. The van der Waals surface area contributed by atoms with E-state index in [0.717, 1.165) is 24.8 Å². The van der Waals surface area contributed by atoms with Crippen LogP contribution in [-0.2, 0) is 14.3 Å². The van der Waals surface area contributed by atoms with Gasteiger partial charge in [-0.25, -0.2) is 0 Å². The lowest BCUT2D eigenvalue weighted by molar-refractivity contribution is -0.142. The first-order valence-electron chi connectivity index (χ1n) is 7.43. The molecule has 3 heteroatoms. The van der Waals surface area contributed by atoms with Crippen molar-refractivity contribution in [3.63, 3.8) is 0 Å². The molecule has 1 fully saturated rings. The second-order valence-electron chi connectivity index (χ2n) is 6.99. The molecule has 3 nitrogen and oxygen atoms in total. The summed E-state index contributed by atoms with van der Waals surface area (Å²) in [5, 5.41) is 0. The summed E-state index contributed by atoms with van der Waals surface area (Å²) >= 11 is 0. The Balaban J connectivity index is 2.21. The summed E-state index contributed by atoms with van der Waals surface area (Å²) in [4.78, 5) is 11.2. The Hall–Kier alpha value is -1.09. The number of hydrogen-bond donors (Lipinski definition) is 0. The summed E-state index contributed by atoms with van der Waals surface area (Å²) in [7, 11) is 0. The monoisotopic (exact) mass is 278 g/mol. The number of hydrogen-bond acceptors (Lipinski definition) is 3. The van der Waals surface area contributed by atoms with Gasteiger partial charge in [0, 0.05) is 6.92 Å². The number of rotatable bonds is 1. The Morgan fingerprint density at radius 1 is 1.40 bits per heavy atom. The molecule has 1 heterocycles. The highest BCUT2D eigenvalue weighted by atomic mass is 16.6. The lowest BCUT2D eigenvalue weighted by atomic mass is 9.83. The second kappa shape index (κ2) is 5.36. The van der Waals surface area contributed by atoms with E-state index in [9.17, 15) is 4.79 Å². The van der Waals surface area contributed by atoms with Crippen molar-refractivity contribution in [2.75, 3.05) is 0 Å². The fourth-order valence-corrected chi connectivity index (χ4v) is 2.83. The molecule has 3 atom stereocenters. The summed E-state index contributed by atoms with van der Waals surface area (Å²) in [6.45, 7) is 10.1. The minimum atomic E-state index is -0.241. The molecule has 1 aliphatic heterocycles. The molecule has 0 unspecified atom stereocenters. The molecule has 0 bridgehead atoms. The summed E-state index contributed by atoms with van der Waals surface area (Å²) < 4.78 is 11.3. The third kappa shape index (κ3) is 3.72. The Labute approximate surface area is 122 Å². The van der Waals surface area contributed by atoms with E-state index < -0.39 is 0 Å². The molecule has 112 valence electrons. The molecular weight excluding hydrogens is 252 g/mol. The van der Waals surface area contributed by atoms with E-state index in [2.05, 4.69) is 32.9 Å². The number of carbonyl (C=O) groups excluding carboxylic acids is 1. The minimum Gasteiger partial charge on any atom is -0.454 e. The largest absolute Gasteiger partial charge is 0.454 e. The van der Waals surface area contributed by atoms with Crippen LogP contribution in [0.15, 0.2) is 23.8 Å². The van der Waals surface area contributed by atoms with Gasteiger partial charge in [-0.3, -0.25) is 4.79 Å². The van der Waals surface area contributed by atoms with Crippen LogP contribution >= 0.6 is 0 Å². The van der Waals surface area contributed by atoms with Crippen LogP contribution in [0.25, 0.3) is 0 Å². The molecule has 1 aliphatic carbocycles. The molecule has 0 spiro atoms. The maximum absolute atomic E-state index is 11.2. The number of fused-ring (bicyclic) bond motifs is 1. The van der Waals surface area contributed by atoms with Crippen molar-refractivity contribution in [1.82, 2.24) is 0 Å². The third-order valence-electron chi connectivity index (χ3n) is 4.32. The van der Waals surface area contributed by atoms with E-state index in [0.29, 0.717) is 6.10 Å². The van der Waals surface area contributed by atoms with Crippen molar-refractivity contribution < 1.29 is 14.3 Å². The molecular formula is C17H26O3. The van der Waals surface area contributed by atoms with Gasteiger partial charge in [0.1, 0.15) is 6.10 Å². The van der Waals surface area contributed by atoms with Crippen molar-refractivity contribution >= 4 is 5.97 Å². The number of ether oxygens (including phenoxy) is 2. The SMILES string of the molecule is CC(=O)O[C@H]1C=CC(C)(C)C[C@H]2O[C@]2(C)CCC=C1C. The van der Waals surface area contributed by atoms with Crippen LogP contribution < -0.4 is 0 Å². The van der Waals surface area contributed by atoms with Crippen molar-refractivity contribution in [2.24, 2.45) is 5.41 Å². The van der Waals surface area contributed by atoms with Crippen molar-refractivity contribution in [1.29, 1.82) is 0 Å². The van der Waals surface area contributed by atoms with E-state index in [-0.39, 0.29) is 23.1 Å². The quantitative estimate of drug-likeness (QED) is 0.416. The maximum atomic E-state index is 11.2. The van der Waals surface area contributed by atoms with E-state index in [1.807, 2.05) is 13.0 Å². The summed E-state index contributed by atoms with van der Waals surface area (Å²) in [5.74, 6) is -0.238. The number of epoxide rings is 1. The van der Waals surface area contributed by atoms with Crippen LogP contribution in [0.3, 0.4) is 0 Å². The molecule has 0 radical (unpaired) electrons. The van der Waals surface area contributed by atoms with Gasteiger partial charge >= 0.3 is 5.97 Å². The zero-order valence-electron chi connectivity index (χ0n) is 13.2. The first kappa shape index (κ1) is 15.3. The van der Waals surface area contributed by atoms with Gasteiger partial charge in [0.05, 0.1) is 11.7 Å². The number of allylic oxidation sites excluding steroid dienone is 2. The van der Waals surface area contributed by atoms with Gasteiger partial charge in [0.2, 0.25) is 0 Å². The van der Waals surface area contributed by atoms with Gasteiger partial charge in [0.15, 0.2) is 0 Å². The van der Waals surface area contributed by atoms with Gasteiger partial charge in [-0.1, -0.05) is 26.0 Å². The zero-order chi connectivity index (χ0) is 15.0. The van der Waals surface area contributed by atoms with Crippen molar-refractivity contribution in [2.45, 2.75) is 71.7 Å². The van der Waals surface area contributed by atoms with Crippen LogP contribution in [-0.4, -0.2) is 23.8 Å². The second-order valence-corrected chi connectivity index (χ2v) is 6.99. The van der Waals surface area contributed by atoms with E-state index in [4.69, 9.17) is 9.47 Å². The summed E-state index contributed by atoms with van der Waals surface area (Å²) in [6.07, 6.45) is 9.44. The number of carbonyl (C=O) groups is 1. The number of esters is 1. The molecule has 0 N–H and O–H groups in total. The standard InChI is InChI=1S/C17H26O3/c1-12-7-6-9-17(5)15(20-17)11-16(3,4)10-8-14(12)19-13(2)18/h7-8,10,14-15H,6,9,11H2,1-5H3/t14-,15+,17+/m0/s1. The first-order valence-corrected chi connectivity index (χ1v) is 7.43. The smallest absolute Gasteiger partial charge is 0.303 e. The van der Waals surface area contributed by atoms with Gasteiger partial charge in [-0.15, -0.1) is 0 Å². The molecule has 0 amide bonds. The predicted molar refractivity (Wildman–Crippen MR) is 79.4 cm³/mol. The average molecular weight is 278 g/mol. The molecule has 0 aromatic carbocycles. The maximum Gasteiger partial charge on any atom is 0.303 e.